The highest BCUT2D eigenvalue weighted by atomic mass is 32.3. The van der Waals surface area contributed by atoms with E-state index in [2.05, 4.69) is 6.07 Å². The Balaban J connectivity index is 1.86. The molecule has 3 rings (SSSR count). The average Bonchev–Trinajstić information content (AvgIpc) is 2.79. The Morgan fingerprint density at radius 1 is 1.09 bits per heavy atom. The molecule has 0 spiro atoms. The number of phenols is 1. The third kappa shape index (κ3) is 4.96. The second-order valence-electron chi connectivity index (χ2n) is 7.70. The molecule has 0 aliphatic carbocycles. The number of carbonyl (C=O) groups is 1. The van der Waals surface area contributed by atoms with E-state index >= 15 is 0 Å². The topological polar surface area (TPSA) is 90.5 Å². The maximum atomic E-state index is 11.8. The lowest BCUT2D eigenvalue weighted by molar-refractivity contribution is 0.101. The van der Waals surface area contributed by atoms with Crippen LogP contribution in [0.1, 0.15) is 47.3 Å². The third-order valence-electron chi connectivity index (χ3n) is 5.29. The van der Waals surface area contributed by atoms with E-state index in [1.807, 2.05) is 37.3 Å². The monoisotopic (exact) mass is 449 g/mol. The van der Waals surface area contributed by atoms with Gasteiger partial charge in [-0.2, -0.15) is 5.26 Å². The van der Waals surface area contributed by atoms with Crippen LogP contribution in [0, 0.1) is 11.3 Å². The number of rotatable bonds is 8. The molecule has 3 aromatic rings. The van der Waals surface area contributed by atoms with Gasteiger partial charge in [-0.3, -0.25) is 4.79 Å². The van der Waals surface area contributed by atoms with E-state index in [1.165, 1.54) is 6.92 Å². The summed E-state index contributed by atoms with van der Waals surface area (Å²) >= 11 is 0. The lowest BCUT2D eigenvalue weighted by Gasteiger charge is -2.30. The molecule has 0 aliphatic heterocycles. The molecule has 0 aromatic heterocycles. The van der Waals surface area contributed by atoms with Crippen molar-refractivity contribution < 1.29 is 19.2 Å². The van der Waals surface area contributed by atoms with Crippen LogP contribution < -0.4 is 4.74 Å². The Hall–Kier alpha value is -3.27. The zero-order valence-corrected chi connectivity index (χ0v) is 19.3. The smallest absolute Gasteiger partial charge is 0.163 e. The van der Waals surface area contributed by atoms with Gasteiger partial charge < -0.3 is 14.4 Å². The number of nitrogens with zero attached hydrogens (tertiary/aromatic N) is 1. The minimum absolute atomic E-state index is 0.0182. The third-order valence-corrected chi connectivity index (χ3v) is 7.64. The summed E-state index contributed by atoms with van der Waals surface area (Å²) in [4.78, 5) is 13.2. The molecule has 6 heteroatoms. The normalized spacial score (nSPS) is 13.6. The zero-order chi connectivity index (χ0) is 23.3. The number of carbonyl (C=O) groups excluding carboxylic acids is 1. The number of benzene rings is 3. The van der Waals surface area contributed by atoms with Crippen LogP contribution in [0.2, 0.25) is 0 Å². The SMILES string of the molecule is CCCc1c(OCc2cccc(S(C)(O)c3cccc(C#N)c3)c2)ccc(C(C)=O)c1O. The van der Waals surface area contributed by atoms with Gasteiger partial charge in [0.1, 0.15) is 18.1 Å². The Morgan fingerprint density at radius 2 is 1.78 bits per heavy atom. The summed E-state index contributed by atoms with van der Waals surface area (Å²) in [7, 11) is -2.30. The highest BCUT2D eigenvalue weighted by molar-refractivity contribution is 8.28. The molecule has 0 fully saturated rings. The molecule has 166 valence electrons. The van der Waals surface area contributed by atoms with Crippen molar-refractivity contribution >= 4 is 16.1 Å². The first kappa shape index (κ1) is 23.4. The molecule has 1 atom stereocenters. The van der Waals surface area contributed by atoms with Gasteiger partial charge in [0.15, 0.2) is 5.78 Å². The van der Waals surface area contributed by atoms with Crippen molar-refractivity contribution in [2.45, 2.75) is 43.1 Å². The van der Waals surface area contributed by atoms with Gasteiger partial charge in [0.25, 0.3) is 0 Å². The van der Waals surface area contributed by atoms with Crippen LogP contribution in [-0.4, -0.2) is 21.7 Å². The largest absolute Gasteiger partial charge is 0.507 e. The number of hydrogen-bond donors (Lipinski definition) is 2. The van der Waals surface area contributed by atoms with Gasteiger partial charge in [0.05, 0.1) is 17.2 Å². The maximum Gasteiger partial charge on any atom is 0.163 e. The first-order valence-electron chi connectivity index (χ1n) is 10.4. The second kappa shape index (κ2) is 9.90. The second-order valence-corrected chi connectivity index (χ2v) is 10.4. The molecule has 1 unspecified atom stereocenters. The molecule has 5 nitrogen and oxygen atoms in total. The summed E-state index contributed by atoms with van der Waals surface area (Å²) in [6.45, 7) is 3.67. The van der Waals surface area contributed by atoms with E-state index in [-0.39, 0.29) is 18.1 Å². The minimum atomic E-state index is -2.30. The zero-order valence-electron chi connectivity index (χ0n) is 18.5. The molecule has 0 heterocycles. The molecule has 0 saturated carbocycles. The summed E-state index contributed by atoms with van der Waals surface area (Å²) < 4.78 is 17.3. The van der Waals surface area contributed by atoms with Crippen molar-refractivity contribution in [3.05, 3.63) is 82.9 Å². The van der Waals surface area contributed by atoms with Crippen LogP contribution in [0.5, 0.6) is 11.5 Å². The van der Waals surface area contributed by atoms with Crippen molar-refractivity contribution in [2.75, 3.05) is 6.26 Å². The fraction of sp³-hybridized carbons (Fsp3) is 0.231. The molecule has 0 radical (unpaired) electrons. The fourth-order valence-corrected chi connectivity index (χ4v) is 5.22. The summed E-state index contributed by atoms with van der Waals surface area (Å²) in [5.74, 6) is 0.334. The molecule has 0 saturated heterocycles. The molecule has 0 amide bonds. The summed E-state index contributed by atoms with van der Waals surface area (Å²) in [5.41, 5.74) is 2.29. The molecule has 32 heavy (non-hydrogen) atoms. The lowest BCUT2D eigenvalue weighted by atomic mass is 10.0. The summed E-state index contributed by atoms with van der Waals surface area (Å²) in [6, 6.07) is 20.0. The van der Waals surface area contributed by atoms with Gasteiger partial charge in [-0.1, -0.05) is 41.9 Å². The van der Waals surface area contributed by atoms with Gasteiger partial charge in [-0.15, -0.1) is 0 Å². The predicted octanol–water partition coefficient (Wildman–Crippen LogP) is 6.32. The van der Waals surface area contributed by atoms with Crippen molar-refractivity contribution in [2.24, 2.45) is 0 Å². The summed E-state index contributed by atoms with van der Waals surface area (Å²) in [5, 5.41) is 19.7. The molecule has 0 aliphatic rings. The molecular formula is C26H27NO4S. The first-order chi connectivity index (χ1) is 15.3. The van der Waals surface area contributed by atoms with E-state index < -0.39 is 10.3 Å². The molecular weight excluding hydrogens is 422 g/mol. The van der Waals surface area contributed by atoms with E-state index in [0.29, 0.717) is 33.8 Å². The van der Waals surface area contributed by atoms with Gasteiger partial charge in [0, 0.05) is 15.4 Å². The minimum Gasteiger partial charge on any atom is -0.507 e. The highest BCUT2D eigenvalue weighted by Crippen LogP contribution is 2.56. The fourth-order valence-electron chi connectivity index (χ4n) is 3.52. The van der Waals surface area contributed by atoms with E-state index in [4.69, 9.17) is 4.74 Å². The van der Waals surface area contributed by atoms with Crippen molar-refractivity contribution in [3.8, 4) is 17.6 Å². The lowest BCUT2D eigenvalue weighted by Crippen LogP contribution is -2.04. The standard InChI is InChI=1S/C26H27NO4S/c1-4-7-24-25(13-12-23(18(2)28)26(24)29)31-17-20-9-6-11-22(15-20)32(3,30)21-10-5-8-19(14-21)16-27/h5-6,8-15,29-30H,4,7,17H2,1-3H3. The maximum absolute atomic E-state index is 11.8. The molecule has 3 aromatic carbocycles. The number of phenolic OH excluding ortho intramolecular Hbond substituents is 1. The predicted molar refractivity (Wildman–Crippen MR) is 127 cm³/mol. The number of nitriles is 1. The number of ether oxygens (including phenoxy) is 1. The number of Topliss-reactive ketones (excluding diaryl/α,β-unsaturated/α-hetero) is 1. The molecule has 0 bridgehead atoms. The average molecular weight is 450 g/mol. The Morgan fingerprint density at radius 3 is 2.44 bits per heavy atom. The van der Waals surface area contributed by atoms with Crippen molar-refractivity contribution in [1.29, 1.82) is 5.26 Å². The Kier molecular flexibility index (Phi) is 7.24. The summed E-state index contributed by atoms with van der Waals surface area (Å²) in [6.07, 6.45) is 3.17. The van der Waals surface area contributed by atoms with Crippen LogP contribution in [0.15, 0.2) is 70.5 Å². The number of aromatic hydroxyl groups is 1. The van der Waals surface area contributed by atoms with Crippen LogP contribution in [0.3, 0.4) is 0 Å². The van der Waals surface area contributed by atoms with Gasteiger partial charge >= 0.3 is 0 Å². The van der Waals surface area contributed by atoms with Gasteiger partial charge in [0.2, 0.25) is 0 Å². The first-order valence-corrected chi connectivity index (χ1v) is 12.4. The van der Waals surface area contributed by atoms with Crippen molar-refractivity contribution in [1.82, 2.24) is 0 Å². The van der Waals surface area contributed by atoms with Gasteiger partial charge in [-0.25, -0.2) is 0 Å². The quantitative estimate of drug-likeness (QED) is 0.393. The number of ketones is 1. The van der Waals surface area contributed by atoms with Crippen LogP contribution >= 0.6 is 10.3 Å². The van der Waals surface area contributed by atoms with Crippen LogP contribution in [0.4, 0.5) is 0 Å². The van der Waals surface area contributed by atoms with E-state index in [1.54, 1.807) is 36.6 Å². The van der Waals surface area contributed by atoms with Crippen LogP contribution in [-0.2, 0) is 13.0 Å². The Bertz CT molecular complexity index is 1180. The highest BCUT2D eigenvalue weighted by Gasteiger charge is 2.21. The van der Waals surface area contributed by atoms with E-state index in [0.717, 1.165) is 16.9 Å². The molecule has 2 N–H and O–H groups in total. The van der Waals surface area contributed by atoms with E-state index in [9.17, 15) is 19.7 Å². The Labute approximate surface area is 190 Å². The van der Waals surface area contributed by atoms with Crippen LogP contribution in [0.25, 0.3) is 0 Å². The van der Waals surface area contributed by atoms with Gasteiger partial charge in [-0.05, 0) is 67.6 Å². The number of hydrogen-bond acceptors (Lipinski definition) is 5. The van der Waals surface area contributed by atoms with Crippen molar-refractivity contribution in [3.63, 3.8) is 0 Å².